The number of carbonyl (C=O) groups is 1. The molecule has 0 spiro atoms. The number of nitrogens with zero attached hydrogens (tertiary/aromatic N) is 1. The molecular formula is C6H8N2O. The minimum Gasteiger partial charge on any atom is -0.309 e. The maximum absolute atomic E-state index is 10.8. The summed E-state index contributed by atoms with van der Waals surface area (Å²) in [7, 11) is 0. The number of Topliss-reactive ketones (excluding diaryl/α,β-unsaturated/α-hetero) is 1. The lowest BCUT2D eigenvalue weighted by molar-refractivity contribution is -0.119. The number of hydrogen-bond donors (Lipinski definition) is 1. The van der Waals surface area contributed by atoms with Crippen molar-refractivity contribution in [1.82, 2.24) is 5.32 Å². The van der Waals surface area contributed by atoms with Crippen LogP contribution in [0.1, 0.15) is 6.42 Å². The SMILES string of the molecule is N#CCC1CNCC1=O. The molecule has 1 atom stereocenters. The van der Waals surface area contributed by atoms with Crippen LogP contribution in [0.25, 0.3) is 0 Å². The minimum absolute atomic E-state index is 0.0324. The molecule has 1 aliphatic heterocycles. The van der Waals surface area contributed by atoms with E-state index in [1.54, 1.807) is 0 Å². The monoisotopic (exact) mass is 124 g/mol. The van der Waals surface area contributed by atoms with Crippen LogP contribution in [0.3, 0.4) is 0 Å². The lowest BCUT2D eigenvalue weighted by Crippen LogP contribution is -2.09. The molecule has 1 fully saturated rings. The highest BCUT2D eigenvalue weighted by molar-refractivity contribution is 5.85. The molecule has 1 unspecified atom stereocenters. The number of carbonyl (C=O) groups excluding carboxylic acids is 1. The summed E-state index contributed by atoms with van der Waals surface area (Å²) >= 11 is 0. The first-order valence-corrected chi connectivity index (χ1v) is 2.95. The second-order valence-electron chi connectivity index (χ2n) is 2.16. The Morgan fingerprint density at radius 1 is 1.89 bits per heavy atom. The van der Waals surface area contributed by atoms with E-state index in [2.05, 4.69) is 5.32 Å². The molecule has 0 bridgehead atoms. The van der Waals surface area contributed by atoms with Gasteiger partial charge in [0.1, 0.15) is 0 Å². The molecule has 48 valence electrons. The molecule has 0 aromatic rings. The van der Waals surface area contributed by atoms with E-state index in [1.165, 1.54) is 0 Å². The van der Waals surface area contributed by atoms with Crippen LogP contribution in [0.2, 0.25) is 0 Å². The third-order valence-electron chi connectivity index (χ3n) is 1.48. The van der Waals surface area contributed by atoms with E-state index in [9.17, 15) is 4.79 Å². The van der Waals surface area contributed by atoms with Crippen molar-refractivity contribution in [3.05, 3.63) is 0 Å². The Kier molecular flexibility index (Phi) is 1.81. The highest BCUT2D eigenvalue weighted by Crippen LogP contribution is 2.06. The smallest absolute Gasteiger partial charge is 0.151 e. The first kappa shape index (κ1) is 6.24. The lowest BCUT2D eigenvalue weighted by Gasteiger charge is -1.95. The fourth-order valence-corrected chi connectivity index (χ4v) is 0.924. The summed E-state index contributed by atoms with van der Waals surface area (Å²) in [5.74, 6) is 0.145. The minimum atomic E-state index is -0.0324. The number of rotatable bonds is 1. The van der Waals surface area contributed by atoms with Gasteiger partial charge in [0.2, 0.25) is 0 Å². The van der Waals surface area contributed by atoms with E-state index in [0.29, 0.717) is 19.5 Å². The van der Waals surface area contributed by atoms with Gasteiger partial charge >= 0.3 is 0 Å². The normalized spacial score (nSPS) is 26.1. The van der Waals surface area contributed by atoms with E-state index in [-0.39, 0.29) is 11.7 Å². The average molecular weight is 124 g/mol. The lowest BCUT2D eigenvalue weighted by atomic mass is 10.1. The number of nitrogens with one attached hydrogen (secondary N) is 1. The summed E-state index contributed by atoms with van der Waals surface area (Å²) in [4.78, 5) is 10.8. The van der Waals surface area contributed by atoms with Gasteiger partial charge < -0.3 is 5.32 Å². The van der Waals surface area contributed by atoms with Crippen LogP contribution < -0.4 is 5.32 Å². The summed E-state index contributed by atoms with van der Waals surface area (Å²) in [5, 5.41) is 11.1. The van der Waals surface area contributed by atoms with Crippen LogP contribution in [-0.2, 0) is 4.79 Å². The van der Waals surface area contributed by atoms with Gasteiger partial charge in [-0.1, -0.05) is 0 Å². The van der Waals surface area contributed by atoms with Crippen molar-refractivity contribution in [3.63, 3.8) is 0 Å². The molecule has 1 rings (SSSR count). The van der Waals surface area contributed by atoms with E-state index < -0.39 is 0 Å². The van der Waals surface area contributed by atoms with Gasteiger partial charge in [-0.2, -0.15) is 5.26 Å². The Bertz CT molecular complexity index is 159. The van der Waals surface area contributed by atoms with Crippen LogP contribution in [0, 0.1) is 17.2 Å². The van der Waals surface area contributed by atoms with Gasteiger partial charge in [-0.05, 0) is 0 Å². The van der Waals surface area contributed by atoms with Crippen molar-refractivity contribution in [2.75, 3.05) is 13.1 Å². The Balaban J connectivity index is 2.42. The molecule has 3 nitrogen and oxygen atoms in total. The molecule has 0 aromatic carbocycles. The van der Waals surface area contributed by atoms with Gasteiger partial charge in [0, 0.05) is 18.9 Å². The summed E-state index contributed by atoms with van der Waals surface area (Å²) in [6.45, 7) is 1.14. The number of hydrogen-bond acceptors (Lipinski definition) is 3. The van der Waals surface area contributed by atoms with Crippen molar-refractivity contribution in [3.8, 4) is 6.07 Å². The predicted octanol–water partition coefficient (Wildman–Crippen LogP) is -0.311. The van der Waals surface area contributed by atoms with Gasteiger partial charge in [0.05, 0.1) is 12.6 Å². The summed E-state index contributed by atoms with van der Waals surface area (Å²) in [6, 6.07) is 1.98. The Morgan fingerprint density at radius 3 is 3.11 bits per heavy atom. The number of ketones is 1. The highest BCUT2D eigenvalue weighted by Gasteiger charge is 2.22. The topological polar surface area (TPSA) is 52.9 Å². The molecule has 0 amide bonds. The van der Waals surface area contributed by atoms with Crippen molar-refractivity contribution in [2.24, 2.45) is 5.92 Å². The van der Waals surface area contributed by atoms with Crippen LogP contribution in [0.15, 0.2) is 0 Å². The maximum atomic E-state index is 10.8. The summed E-state index contributed by atoms with van der Waals surface area (Å²) in [5.41, 5.74) is 0. The van der Waals surface area contributed by atoms with E-state index >= 15 is 0 Å². The third-order valence-corrected chi connectivity index (χ3v) is 1.48. The molecule has 9 heavy (non-hydrogen) atoms. The third kappa shape index (κ3) is 1.27. The Labute approximate surface area is 53.7 Å². The van der Waals surface area contributed by atoms with Gasteiger partial charge in [-0.15, -0.1) is 0 Å². The van der Waals surface area contributed by atoms with E-state index in [1.807, 2.05) is 6.07 Å². The van der Waals surface area contributed by atoms with Crippen molar-refractivity contribution < 1.29 is 4.79 Å². The molecule has 0 aromatic heterocycles. The van der Waals surface area contributed by atoms with Gasteiger partial charge in [-0.3, -0.25) is 4.79 Å². The first-order chi connectivity index (χ1) is 4.34. The first-order valence-electron chi connectivity index (χ1n) is 2.95. The van der Waals surface area contributed by atoms with Crippen LogP contribution in [0.4, 0.5) is 0 Å². The largest absolute Gasteiger partial charge is 0.309 e. The summed E-state index contributed by atoms with van der Waals surface area (Å²) < 4.78 is 0. The molecule has 0 radical (unpaired) electrons. The molecule has 0 saturated carbocycles. The van der Waals surface area contributed by atoms with Gasteiger partial charge in [0.15, 0.2) is 5.78 Å². The van der Waals surface area contributed by atoms with E-state index in [4.69, 9.17) is 5.26 Å². The van der Waals surface area contributed by atoms with E-state index in [0.717, 1.165) is 0 Å². The van der Waals surface area contributed by atoms with Crippen molar-refractivity contribution in [1.29, 1.82) is 5.26 Å². The fraction of sp³-hybridized carbons (Fsp3) is 0.667. The molecule has 1 aliphatic rings. The Morgan fingerprint density at radius 2 is 2.67 bits per heavy atom. The Hall–Kier alpha value is -0.880. The van der Waals surface area contributed by atoms with Crippen LogP contribution >= 0.6 is 0 Å². The van der Waals surface area contributed by atoms with Gasteiger partial charge in [-0.25, -0.2) is 0 Å². The fourth-order valence-electron chi connectivity index (χ4n) is 0.924. The molecule has 1 saturated heterocycles. The highest BCUT2D eigenvalue weighted by atomic mass is 16.1. The molecular weight excluding hydrogens is 116 g/mol. The zero-order valence-corrected chi connectivity index (χ0v) is 5.05. The zero-order valence-electron chi connectivity index (χ0n) is 5.05. The molecule has 0 aliphatic carbocycles. The second kappa shape index (κ2) is 2.60. The average Bonchev–Trinajstić information content (AvgIpc) is 2.18. The van der Waals surface area contributed by atoms with Crippen molar-refractivity contribution >= 4 is 5.78 Å². The molecule has 1 N–H and O–H groups in total. The second-order valence-corrected chi connectivity index (χ2v) is 2.16. The molecule has 3 heteroatoms. The van der Waals surface area contributed by atoms with Gasteiger partial charge in [0.25, 0.3) is 0 Å². The van der Waals surface area contributed by atoms with Crippen LogP contribution in [-0.4, -0.2) is 18.9 Å². The maximum Gasteiger partial charge on any atom is 0.151 e. The summed E-state index contributed by atoms with van der Waals surface area (Å²) in [6.07, 6.45) is 0.367. The van der Waals surface area contributed by atoms with Crippen LogP contribution in [0.5, 0.6) is 0 Å². The quantitative estimate of drug-likeness (QED) is 0.521. The molecule has 1 heterocycles. The zero-order chi connectivity index (χ0) is 6.69. The standard InChI is InChI=1S/C6H8N2O/c7-2-1-5-3-8-4-6(5)9/h5,8H,1,3-4H2. The predicted molar refractivity (Wildman–Crippen MR) is 31.6 cm³/mol. The number of nitriles is 1. The van der Waals surface area contributed by atoms with Crippen molar-refractivity contribution in [2.45, 2.75) is 6.42 Å².